The second kappa shape index (κ2) is 10.6. The van der Waals surface area contributed by atoms with Crippen molar-refractivity contribution < 1.29 is 19.1 Å². The van der Waals surface area contributed by atoms with Crippen LogP contribution in [-0.2, 0) is 19.1 Å². The number of rotatable bonds is 8. The Morgan fingerprint density at radius 3 is 2.58 bits per heavy atom. The second-order valence-corrected chi connectivity index (χ2v) is 10.0. The van der Waals surface area contributed by atoms with E-state index in [2.05, 4.69) is 31.0 Å². The SMILES string of the molecule is CCC[C@@H]1NCCN([C@@H](CC(C)C)C(=O)N2CCC3(CC2)OCC(CN(C)C)O3)C1=O. The third-order valence-corrected chi connectivity index (χ3v) is 6.58. The summed E-state index contributed by atoms with van der Waals surface area (Å²) in [7, 11) is 4.07. The Bertz CT molecular complexity index is 617. The topological polar surface area (TPSA) is 74.3 Å². The van der Waals surface area contributed by atoms with E-state index in [0.717, 1.165) is 25.9 Å². The minimum absolute atomic E-state index is 0.0783. The third-order valence-electron chi connectivity index (χ3n) is 6.58. The molecule has 0 bridgehead atoms. The first-order valence-electron chi connectivity index (χ1n) is 12.0. The summed E-state index contributed by atoms with van der Waals surface area (Å²) >= 11 is 0. The number of hydrogen-bond acceptors (Lipinski definition) is 6. The number of ether oxygens (including phenoxy) is 2. The van der Waals surface area contributed by atoms with Crippen LogP contribution in [0.1, 0.15) is 52.9 Å². The van der Waals surface area contributed by atoms with Gasteiger partial charge in [-0.05, 0) is 32.9 Å². The monoisotopic (exact) mass is 438 g/mol. The molecule has 3 saturated heterocycles. The lowest BCUT2D eigenvalue weighted by molar-refractivity contribution is -0.198. The van der Waals surface area contributed by atoms with Gasteiger partial charge in [-0.25, -0.2) is 0 Å². The minimum Gasteiger partial charge on any atom is -0.347 e. The molecule has 8 heteroatoms. The molecule has 3 aliphatic rings. The van der Waals surface area contributed by atoms with Gasteiger partial charge in [0.15, 0.2) is 5.79 Å². The largest absolute Gasteiger partial charge is 0.347 e. The molecule has 1 N–H and O–H groups in total. The van der Waals surface area contributed by atoms with Crippen molar-refractivity contribution in [3.63, 3.8) is 0 Å². The average molecular weight is 439 g/mol. The van der Waals surface area contributed by atoms with E-state index in [4.69, 9.17) is 9.47 Å². The van der Waals surface area contributed by atoms with Gasteiger partial charge in [0.05, 0.1) is 18.8 Å². The van der Waals surface area contributed by atoms with E-state index >= 15 is 0 Å². The molecule has 3 fully saturated rings. The molecule has 3 rings (SSSR count). The van der Waals surface area contributed by atoms with Crippen molar-refractivity contribution in [1.82, 2.24) is 20.0 Å². The first-order chi connectivity index (χ1) is 14.7. The summed E-state index contributed by atoms with van der Waals surface area (Å²) in [5.74, 6) is -0.0561. The zero-order valence-electron chi connectivity index (χ0n) is 20.1. The van der Waals surface area contributed by atoms with Gasteiger partial charge in [-0.15, -0.1) is 0 Å². The number of carbonyl (C=O) groups excluding carboxylic acids is 2. The zero-order valence-corrected chi connectivity index (χ0v) is 20.1. The summed E-state index contributed by atoms with van der Waals surface area (Å²) in [4.78, 5) is 32.6. The summed E-state index contributed by atoms with van der Waals surface area (Å²) in [6.45, 7) is 10.3. The van der Waals surface area contributed by atoms with Crippen LogP contribution in [0.4, 0.5) is 0 Å². The molecule has 0 aliphatic carbocycles. The van der Waals surface area contributed by atoms with E-state index < -0.39 is 5.79 Å². The van der Waals surface area contributed by atoms with E-state index in [0.29, 0.717) is 51.4 Å². The molecule has 31 heavy (non-hydrogen) atoms. The van der Waals surface area contributed by atoms with E-state index in [9.17, 15) is 9.59 Å². The van der Waals surface area contributed by atoms with E-state index in [1.54, 1.807) is 0 Å². The number of piperazine rings is 1. The zero-order chi connectivity index (χ0) is 22.6. The molecule has 1 spiro atoms. The Balaban J connectivity index is 1.63. The van der Waals surface area contributed by atoms with Gasteiger partial charge in [0.1, 0.15) is 6.04 Å². The number of nitrogens with one attached hydrogen (secondary N) is 1. The summed E-state index contributed by atoms with van der Waals surface area (Å²) in [6, 6.07) is -0.547. The lowest BCUT2D eigenvalue weighted by atomic mass is 9.96. The van der Waals surface area contributed by atoms with Crippen LogP contribution in [0.3, 0.4) is 0 Å². The molecule has 0 aromatic heterocycles. The quantitative estimate of drug-likeness (QED) is 0.616. The molecule has 0 radical (unpaired) electrons. The predicted octanol–water partition coefficient (Wildman–Crippen LogP) is 1.30. The van der Waals surface area contributed by atoms with Crippen molar-refractivity contribution in [3.8, 4) is 0 Å². The Morgan fingerprint density at radius 1 is 1.26 bits per heavy atom. The highest BCUT2D eigenvalue weighted by Crippen LogP contribution is 2.35. The number of hydrogen-bond donors (Lipinski definition) is 1. The molecule has 3 atom stereocenters. The lowest BCUT2D eigenvalue weighted by Crippen LogP contribution is -2.62. The average Bonchev–Trinajstić information content (AvgIpc) is 3.09. The van der Waals surface area contributed by atoms with Crippen LogP contribution < -0.4 is 5.32 Å². The highest BCUT2D eigenvalue weighted by molar-refractivity contribution is 5.90. The van der Waals surface area contributed by atoms with Crippen molar-refractivity contribution in [2.75, 3.05) is 53.4 Å². The van der Waals surface area contributed by atoms with Crippen LogP contribution in [0.15, 0.2) is 0 Å². The number of carbonyl (C=O) groups is 2. The van der Waals surface area contributed by atoms with Crippen molar-refractivity contribution >= 4 is 11.8 Å². The lowest BCUT2D eigenvalue weighted by Gasteiger charge is -2.43. The van der Waals surface area contributed by atoms with Crippen LogP contribution >= 0.6 is 0 Å². The number of nitrogens with zero attached hydrogens (tertiary/aromatic N) is 3. The molecule has 1 unspecified atom stereocenters. The van der Waals surface area contributed by atoms with Crippen LogP contribution in [-0.4, -0.2) is 104 Å². The summed E-state index contributed by atoms with van der Waals surface area (Å²) in [5, 5.41) is 3.32. The third kappa shape index (κ3) is 5.97. The Hall–Kier alpha value is -1.22. The Kier molecular flexibility index (Phi) is 8.35. The van der Waals surface area contributed by atoms with Gasteiger partial charge in [-0.3, -0.25) is 9.59 Å². The molecule has 2 amide bonds. The fourth-order valence-electron chi connectivity index (χ4n) is 5.04. The maximum Gasteiger partial charge on any atom is 0.245 e. The number of piperidine rings is 1. The molecule has 3 heterocycles. The summed E-state index contributed by atoms with van der Waals surface area (Å²) in [6.07, 6.45) is 3.91. The number of likely N-dealkylation sites (N-methyl/N-ethyl adjacent to an activating group) is 1. The summed E-state index contributed by atoms with van der Waals surface area (Å²) in [5.41, 5.74) is 0. The molecular weight excluding hydrogens is 396 g/mol. The van der Waals surface area contributed by atoms with Crippen molar-refractivity contribution in [2.45, 2.75) is 76.9 Å². The van der Waals surface area contributed by atoms with E-state index in [-0.39, 0.29) is 30.0 Å². The number of amides is 2. The molecule has 0 aromatic rings. The first kappa shape index (κ1) is 24.4. The van der Waals surface area contributed by atoms with Crippen molar-refractivity contribution in [2.24, 2.45) is 5.92 Å². The molecule has 0 saturated carbocycles. The molecule has 0 aromatic carbocycles. The number of likely N-dealkylation sites (tertiary alicyclic amines) is 1. The van der Waals surface area contributed by atoms with Gasteiger partial charge < -0.3 is 29.5 Å². The normalized spacial score (nSPS) is 27.5. The summed E-state index contributed by atoms with van der Waals surface area (Å²) < 4.78 is 12.3. The molecule has 178 valence electrons. The van der Waals surface area contributed by atoms with Crippen LogP contribution in [0.5, 0.6) is 0 Å². The van der Waals surface area contributed by atoms with Gasteiger partial charge in [0.2, 0.25) is 11.8 Å². The second-order valence-electron chi connectivity index (χ2n) is 10.0. The Morgan fingerprint density at radius 2 is 1.97 bits per heavy atom. The molecular formula is C23H42N4O4. The van der Waals surface area contributed by atoms with Crippen molar-refractivity contribution in [1.29, 1.82) is 0 Å². The highest BCUT2D eigenvalue weighted by Gasteiger charge is 2.46. The Labute approximate surface area is 187 Å². The van der Waals surface area contributed by atoms with Crippen LogP contribution in [0, 0.1) is 5.92 Å². The maximum absolute atomic E-state index is 13.6. The smallest absolute Gasteiger partial charge is 0.245 e. The highest BCUT2D eigenvalue weighted by atomic mass is 16.7. The van der Waals surface area contributed by atoms with Gasteiger partial charge in [-0.1, -0.05) is 27.2 Å². The fraction of sp³-hybridized carbons (Fsp3) is 0.913. The van der Waals surface area contributed by atoms with E-state index in [1.165, 1.54) is 0 Å². The van der Waals surface area contributed by atoms with E-state index in [1.807, 2.05) is 23.9 Å². The van der Waals surface area contributed by atoms with Gasteiger partial charge in [-0.2, -0.15) is 0 Å². The predicted molar refractivity (Wildman–Crippen MR) is 120 cm³/mol. The van der Waals surface area contributed by atoms with Crippen LogP contribution in [0.25, 0.3) is 0 Å². The van der Waals surface area contributed by atoms with Gasteiger partial charge in [0.25, 0.3) is 0 Å². The maximum atomic E-state index is 13.6. The molecule has 8 nitrogen and oxygen atoms in total. The minimum atomic E-state index is -0.553. The van der Waals surface area contributed by atoms with Crippen molar-refractivity contribution in [3.05, 3.63) is 0 Å². The molecule has 3 aliphatic heterocycles. The fourth-order valence-corrected chi connectivity index (χ4v) is 5.04. The van der Waals surface area contributed by atoms with Crippen LogP contribution in [0.2, 0.25) is 0 Å². The van der Waals surface area contributed by atoms with Gasteiger partial charge in [0, 0.05) is 45.6 Å². The first-order valence-corrected chi connectivity index (χ1v) is 12.0. The standard InChI is InChI=1S/C23H42N4O4/c1-6-7-19-21(28)27(13-10-24-19)20(14-17(2)3)22(29)26-11-8-23(9-12-26)30-16-18(31-23)15-25(4)5/h17-20,24H,6-16H2,1-5H3/t18?,19-,20-/m0/s1. The van der Waals surface area contributed by atoms with Gasteiger partial charge >= 0.3 is 0 Å².